The van der Waals surface area contributed by atoms with Crippen LogP contribution in [-0.4, -0.2) is 12.1 Å². The zero-order valence-electron chi connectivity index (χ0n) is 13.4. The smallest absolute Gasteiger partial charge is 0.128 e. The van der Waals surface area contributed by atoms with Gasteiger partial charge in [-0.2, -0.15) is 0 Å². The number of pyridine rings is 1. The van der Waals surface area contributed by atoms with E-state index in [1.807, 2.05) is 42.6 Å². The maximum absolute atomic E-state index is 13.2. The quantitative estimate of drug-likeness (QED) is 0.714. The molecule has 0 aliphatic carbocycles. The summed E-state index contributed by atoms with van der Waals surface area (Å²) in [6.07, 6.45) is 1.84. The van der Waals surface area contributed by atoms with Crippen molar-refractivity contribution in [1.29, 1.82) is 0 Å². The molecule has 0 N–H and O–H groups in total. The second-order valence-electron chi connectivity index (χ2n) is 5.83. The van der Waals surface area contributed by atoms with E-state index < -0.39 is 0 Å². The third kappa shape index (κ3) is 2.50. The van der Waals surface area contributed by atoms with Crippen LogP contribution in [-0.2, 0) is 13.1 Å². The number of rotatable bonds is 3. The average Bonchev–Trinajstić information content (AvgIpc) is 3.06. The average molecular weight is 320 g/mol. The number of methoxy groups -OCH3 is 1. The normalized spacial score (nSPS) is 13.0. The highest BCUT2D eigenvalue weighted by molar-refractivity contribution is 5.72. The van der Waals surface area contributed by atoms with Crippen molar-refractivity contribution in [2.45, 2.75) is 13.1 Å². The number of hydrogen-bond acceptors (Lipinski definition) is 3. The molecule has 0 amide bonds. The molecule has 0 unspecified atom stereocenters. The number of hydrogen-bond donors (Lipinski definition) is 0. The van der Waals surface area contributed by atoms with Gasteiger partial charge in [-0.05, 0) is 48.0 Å². The molecule has 3 nitrogen and oxygen atoms in total. The molecule has 0 radical (unpaired) electrons. The summed E-state index contributed by atoms with van der Waals surface area (Å²) in [4.78, 5) is 6.83. The number of para-hydroxylation sites is 1. The van der Waals surface area contributed by atoms with Gasteiger partial charge in [0.1, 0.15) is 11.6 Å². The molecule has 2 heterocycles. The first kappa shape index (κ1) is 14.7. The van der Waals surface area contributed by atoms with Gasteiger partial charge in [-0.1, -0.05) is 12.1 Å². The molecular weight excluding hydrogens is 303 g/mol. The summed E-state index contributed by atoms with van der Waals surface area (Å²) in [6, 6.07) is 16.6. The molecule has 0 saturated heterocycles. The lowest BCUT2D eigenvalue weighted by Gasteiger charge is -2.17. The summed E-state index contributed by atoms with van der Waals surface area (Å²) in [7, 11) is 1.67. The predicted octanol–water partition coefficient (Wildman–Crippen LogP) is 4.42. The van der Waals surface area contributed by atoms with E-state index >= 15 is 0 Å². The Kier molecular flexibility index (Phi) is 3.65. The first-order valence-electron chi connectivity index (χ1n) is 7.87. The highest BCUT2D eigenvalue weighted by atomic mass is 19.1. The summed E-state index contributed by atoms with van der Waals surface area (Å²) >= 11 is 0. The van der Waals surface area contributed by atoms with E-state index in [2.05, 4.69) is 16.0 Å². The van der Waals surface area contributed by atoms with Crippen molar-refractivity contribution in [2.75, 3.05) is 12.0 Å². The summed E-state index contributed by atoms with van der Waals surface area (Å²) in [6.45, 7) is 1.55. The van der Waals surface area contributed by atoms with E-state index in [-0.39, 0.29) is 5.82 Å². The minimum atomic E-state index is -0.216. The van der Waals surface area contributed by atoms with E-state index in [0.29, 0.717) is 0 Å². The second-order valence-corrected chi connectivity index (χ2v) is 5.83. The molecule has 0 atom stereocenters. The van der Waals surface area contributed by atoms with Gasteiger partial charge in [-0.15, -0.1) is 0 Å². The Labute approximate surface area is 140 Å². The Morgan fingerprint density at radius 1 is 1.00 bits per heavy atom. The number of aromatic nitrogens is 1. The molecule has 1 aliphatic heterocycles. The van der Waals surface area contributed by atoms with E-state index in [1.165, 1.54) is 23.3 Å². The Balaban J connectivity index is 1.73. The molecule has 1 aliphatic rings. The van der Waals surface area contributed by atoms with Crippen LogP contribution in [0.15, 0.2) is 60.8 Å². The zero-order valence-corrected chi connectivity index (χ0v) is 13.4. The molecule has 4 rings (SSSR count). The fourth-order valence-electron chi connectivity index (χ4n) is 3.22. The van der Waals surface area contributed by atoms with Crippen LogP contribution in [0.4, 0.5) is 10.1 Å². The maximum atomic E-state index is 13.2. The summed E-state index contributed by atoms with van der Waals surface area (Å²) in [5, 5.41) is 0. The van der Waals surface area contributed by atoms with E-state index in [0.717, 1.165) is 35.8 Å². The molecule has 1 aromatic heterocycles. The molecule has 0 fully saturated rings. The van der Waals surface area contributed by atoms with Gasteiger partial charge in [0, 0.05) is 36.1 Å². The van der Waals surface area contributed by atoms with Crippen molar-refractivity contribution >= 4 is 5.69 Å². The Hall–Kier alpha value is -2.88. The maximum Gasteiger partial charge on any atom is 0.128 e. The highest BCUT2D eigenvalue weighted by Crippen LogP contribution is 2.37. The SMILES string of the molecule is COc1ccccc1-c1nccc2c1CN(c1ccc(F)cc1)C2. The van der Waals surface area contributed by atoms with E-state index in [1.54, 1.807) is 7.11 Å². The van der Waals surface area contributed by atoms with Gasteiger partial charge in [0.25, 0.3) is 0 Å². The highest BCUT2D eigenvalue weighted by Gasteiger charge is 2.24. The van der Waals surface area contributed by atoms with Crippen LogP contribution in [0.1, 0.15) is 11.1 Å². The summed E-state index contributed by atoms with van der Waals surface area (Å²) in [5.41, 5.74) is 5.41. The number of anilines is 1. The lowest BCUT2D eigenvalue weighted by Crippen LogP contribution is -2.14. The first-order chi connectivity index (χ1) is 11.8. The van der Waals surface area contributed by atoms with Gasteiger partial charge in [0.2, 0.25) is 0 Å². The predicted molar refractivity (Wildman–Crippen MR) is 92.5 cm³/mol. The molecule has 0 bridgehead atoms. The minimum absolute atomic E-state index is 0.216. The fourth-order valence-corrected chi connectivity index (χ4v) is 3.22. The van der Waals surface area contributed by atoms with Crippen LogP contribution < -0.4 is 9.64 Å². The molecule has 0 spiro atoms. The van der Waals surface area contributed by atoms with Crippen molar-refractivity contribution in [3.8, 4) is 17.0 Å². The molecule has 4 heteroatoms. The van der Waals surface area contributed by atoms with Gasteiger partial charge in [-0.3, -0.25) is 4.98 Å². The van der Waals surface area contributed by atoms with Crippen molar-refractivity contribution < 1.29 is 9.13 Å². The van der Waals surface area contributed by atoms with Crippen LogP contribution in [0.25, 0.3) is 11.3 Å². The van der Waals surface area contributed by atoms with Crippen molar-refractivity contribution in [3.05, 3.63) is 77.7 Å². The number of ether oxygens (including phenoxy) is 1. The molecule has 24 heavy (non-hydrogen) atoms. The van der Waals surface area contributed by atoms with Crippen LogP contribution in [0, 0.1) is 5.82 Å². The number of nitrogens with zero attached hydrogens (tertiary/aromatic N) is 2. The summed E-state index contributed by atoms with van der Waals surface area (Å²) in [5.74, 6) is 0.602. The minimum Gasteiger partial charge on any atom is -0.496 e. The third-order valence-corrected chi connectivity index (χ3v) is 4.42. The van der Waals surface area contributed by atoms with Crippen LogP contribution in [0.3, 0.4) is 0 Å². The van der Waals surface area contributed by atoms with E-state index in [4.69, 9.17) is 4.74 Å². The molecular formula is C20H17FN2O. The van der Waals surface area contributed by atoms with Crippen LogP contribution >= 0.6 is 0 Å². The van der Waals surface area contributed by atoms with Crippen LogP contribution in [0.2, 0.25) is 0 Å². The molecule has 3 aromatic rings. The molecule has 2 aromatic carbocycles. The largest absolute Gasteiger partial charge is 0.496 e. The van der Waals surface area contributed by atoms with Gasteiger partial charge in [-0.25, -0.2) is 4.39 Å². The Morgan fingerprint density at radius 3 is 2.58 bits per heavy atom. The number of fused-ring (bicyclic) bond motifs is 1. The monoisotopic (exact) mass is 320 g/mol. The fraction of sp³-hybridized carbons (Fsp3) is 0.150. The van der Waals surface area contributed by atoms with Gasteiger partial charge in [0.05, 0.1) is 12.8 Å². The number of halogens is 1. The van der Waals surface area contributed by atoms with Crippen molar-refractivity contribution in [3.63, 3.8) is 0 Å². The topological polar surface area (TPSA) is 25.4 Å². The Morgan fingerprint density at radius 2 is 1.79 bits per heavy atom. The standard InChI is InChI=1S/C20H17FN2O/c1-24-19-5-3-2-4-17(19)20-18-13-23(12-14(18)10-11-22-20)16-8-6-15(21)7-9-16/h2-11H,12-13H2,1H3. The van der Waals surface area contributed by atoms with Crippen LogP contribution in [0.5, 0.6) is 5.75 Å². The lowest BCUT2D eigenvalue weighted by molar-refractivity contribution is 0.416. The second kappa shape index (κ2) is 5.96. The summed E-state index contributed by atoms with van der Waals surface area (Å²) < 4.78 is 18.7. The van der Waals surface area contributed by atoms with Gasteiger partial charge in [0.15, 0.2) is 0 Å². The van der Waals surface area contributed by atoms with Gasteiger partial charge >= 0.3 is 0 Å². The third-order valence-electron chi connectivity index (χ3n) is 4.42. The molecule has 120 valence electrons. The Bertz CT molecular complexity index is 877. The lowest BCUT2D eigenvalue weighted by atomic mass is 10.0. The van der Waals surface area contributed by atoms with Crippen molar-refractivity contribution in [1.82, 2.24) is 4.98 Å². The first-order valence-corrected chi connectivity index (χ1v) is 7.87. The number of benzene rings is 2. The molecule has 0 saturated carbocycles. The van der Waals surface area contributed by atoms with Gasteiger partial charge < -0.3 is 9.64 Å². The zero-order chi connectivity index (χ0) is 16.5. The van der Waals surface area contributed by atoms with E-state index in [9.17, 15) is 4.39 Å². The van der Waals surface area contributed by atoms with Crippen molar-refractivity contribution in [2.24, 2.45) is 0 Å².